The molecule has 0 aromatic heterocycles. The van der Waals surface area contributed by atoms with Crippen molar-refractivity contribution < 1.29 is 19.5 Å². The van der Waals surface area contributed by atoms with Crippen LogP contribution in [0, 0.1) is 0 Å². The number of carboxylic acids is 1. The van der Waals surface area contributed by atoms with Crippen LogP contribution in [0.3, 0.4) is 0 Å². The molecule has 1 unspecified atom stereocenters. The van der Waals surface area contributed by atoms with Gasteiger partial charge in [-0.3, -0.25) is 9.59 Å². The number of ketones is 1. The average molecular weight is 229 g/mol. The predicted octanol–water partition coefficient (Wildman–Crippen LogP) is -2.08. The zero-order valence-electron chi connectivity index (χ0n) is 8.81. The summed E-state index contributed by atoms with van der Waals surface area (Å²) in [6, 6.07) is 0. The molecule has 1 rings (SSSR count). The number of nitrogens with zero attached hydrogens (tertiary/aromatic N) is 1. The number of carbonyl (C=O) groups excluding carboxylic acids is 2. The van der Waals surface area contributed by atoms with Crippen molar-refractivity contribution in [3.8, 4) is 0 Å². The Hall–Kier alpha value is -1.47. The van der Waals surface area contributed by atoms with E-state index in [-0.39, 0.29) is 19.5 Å². The molecule has 0 spiro atoms. The molecule has 7 nitrogen and oxygen atoms in total. The number of likely N-dealkylation sites (tertiary alicyclic amines) is 1. The van der Waals surface area contributed by atoms with Crippen molar-refractivity contribution in [2.45, 2.75) is 18.4 Å². The summed E-state index contributed by atoms with van der Waals surface area (Å²) in [5.74, 6) is -2.52. The van der Waals surface area contributed by atoms with Gasteiger partial charge in [-0.2, -0.15) is 0 Å². The number of amides is 1. The molecule has 5 N–H and O–H groups in total. The van der Waals surface area contributed by atoms with E-state index in [1.807, 2.05) is 0 Å². The summed E-state index contributed by atoms with van der Waals surface area (Å²) in [5, 5.41) is 9.17. The van der Waals surface area contributed by atoms with Gasteiger partial charge in [0.1, 0.15) is 0 Å². The summed E-state index contributed by atoms with van der Waals surface area (Å²) in [6.45, 7) is -0.485. The van der Waals surface area contributed by atoms with Gasteiger partial charge in [0.25, 0.3) is 0 Å². The molecule has 0 aromatic rings. The van der Waals surface area contributed by atoms with E-state index >= 15 is 0 Å². The fraction of sp³-hybridized carbons (Fsp3) is 0.667. The SMILES string of the molecule is NCC(=O)N1CCCC1(C(=O)O)C(=O)CN. The monoisotopic (exact) mass is 229 g/mol. The molecular weight excluding hydrogens is 214 g/mol. The number of Topliss-reactive ketones (excluding diaryl/α,β-unsaturated/α-hetero) is 1. The Morgan fingerprint density at radius 2 is 1.88 bits per heavy atom. The Labute approximate surface area is 92.4 Å². The van der Waals surface area contributed by atoms with Crippen molar-refractivity contribution >= 4 is 17.7 Å². The number of rotatable bonds is 4. The molecule has 16 heavy (non-hydrogen) atoms. The van der Waals surface area contributed by atoms with Gasteiger partial charge in [-0.25, -0.2) is 4.79 Å². The molecule has 1 heterocycles. The first-order chi connectivity index (χ1) is 7.50. The Bertz CT molecular complexity index is 331. The van der Waals surface area contributed by atoms with Crippen molar-refractivity contribution in [3.63, 3.8) is 0 Å². The Morgan fingerprint density at radius 1 is 1.25 bits per heavy atom. The van der Waals surface area contributed by atoms with Crippen LogP contribution in [0.4, 0.5) is 0 Å². The third kappa shape index (κ3) is 1.68. The summed E-state index contributed by atoms with van der Waals surface area (Å²) in [6.07, 6.45) is 0.563. The summed E-state index contributed by atoms with van der Waals surface area (Å²) in [5.41, 5.74) is 8.58. The van der Waals surface area contributed by atoms with Crippen LogP contribution in [0.5, 0.6) is 0 Å². The normalized spacial score (nSPS) is 24.5. The molecule has 1 aliphatic heterocycles. The van der Waals surface area contributed by atoms with E-state index < -0.39 is 29.7 Å². The third-order valence-corrected chi connectivity index (χ3v) is 2.86. The van der Waals surface area contributed by atoms with E-state index in [4.69, 9.17) is 16.6 Å². The maximum Gasteiger partial charge on any atom is 0.337 e. The number of aliphatic carboxylic acids is 1. The lowest BCUT2D eigenvalue weighted by Crippen LogP contribution is -2.61. The molecular formula is C9H15N3O4. The summed E-state index contributed by atoms with van der Waals surface area (Å²) in [7, 11) is 0. The minimum absolute atomic E-state index is 0.101. The second-order valence-electron chi connectivity index (χ2n) is 3.65. The van der Waals surface area contributed by atoms with Gasteiger partial charge in [-0.05, 0) is 12.8 Å². The summed E-state index contributed by atoms with van der Waals surface area (Å²) < 4.78 is 0. The van der Waals surface area contributed by atoms with E-state index in [2.05, 4.69) is 0 Å². The van der Waals surface area contributed by atoms with E-state index in [1.54, 1.807) is 0 Å². The number of nitrogens with two attached hydrogens (primary N) is 2. The molecule has 0 aliphatic carbocycles. The maximum atomic E-state index is 11.7. The van der Waals surface area contributed by atoms with E-state index in [9.17, 15) is 14.4 Å². The highest BCUT2D eigenvalue weighted by atomic mass is 16.4. The topological polar surface area (TPSA) is 127 Å². The van der Waals surface area contributed by atoms with Crippen LogP contribution in [0.15, 0.2) is 0 Å². The van der Waals surface area contributed by atoms with Crippen molar-refractivity contribution in [2.24, 2.45) is 11.5 Å². The van der Waals surface area contributed by atoms with Crippen LogP contribution in [0.2, 0.25) is 0 Å². The summed E-state index contributed by atoms with van der Waals surface area (Å²) >= 11 is 0. The van der Waals surface area contributed by atoms with Gasteiger partial charge in [-0.15, -0.1) is 0 Å². The second-order valence-corrected chi connectivity index (χ2v) is 3.65. The first-order valence-corrected chi connectivity index (χ1v) is 4.98. The average Bonchev–Trinajstić information content (AvgIpc) is 2.72. The molecule has 1 amide bonds. The highest BCUT2D eigenvalue weighted by molar-refractivity contribution is 6.11. The largest absolute Gasteiger partial charge is 0.479 e. The van der Waals surface area contributed by atoms with Crippen LogP contribution in [0.25, 0.3) is 0 Å². The molecule has 90 valence electrons. The van der Waals surface area contributed by atoms with Gasteiger partial charge in [0.05, 0.1) is 13.1 Å². The Balaban J connectivity index is 3.13. The fourth-order valence-corrected chi connectivity index (χ4v) is 2.07. The molecule has 1 atom stereocenters. The van der Waals surface area contributed by atoms with Crippen LogP contribution in [0.1, 0.15) is 12.8 Å². The zero-order valence-corrected chi connectivity index (χ0v) is 8.81. The quantitative estimate of drug-likeness (QED) is 0.475. The fourth-order valence-electron chi connectivity index (χ4n) is 2.07. The maximum absolute atomic E-state index is 11.7. The third-order valence-electron chi connectivity index (χ3n) is 2.86. The zero-order chi connectivity index (χ0) is 12.3. The van der Waals surface area contributed by atoms with Gasteiger partial charge in [0, 0.05) is 6.54 Å². The van der Waals surface area contributed by atoms with Gasteiger partial charge < -0.3 is 21.5 Å². The van der Waals surface area contributed by atoms with E-state index in [0.717, 1.165) is 4.90 Å². The molecule has 1 fully saturated rings. The number of carbonyl (C=O) groups is 3. The van der Waals surface area contributed by atoms with Crippen molar-refractivity contribution in [2.75, 3.05) is 19.6 Å². The lowest BCUT2D eigenvalue weighted by molar-refractivity contribution is -0.161. The minimum atomic E-state index is -1.80. The van der Waals surface area contributed by atoms with Crippen molar-refractivity contribution in [1.82, 2.24) is 4.90 Å². The first-order valence-electron chi connectivity index (χ1n) is 4.98. The van der Waals surface area contributed by atoms with Crippen LogP contribution < -0.4 is 11.5 Å². The first kappa shape index (κ1) is 12.6. The lowest BCUT2D eigenvalue weighted by Gasteiger charge is -2.32. The Kier molecular flexibility index (Phi) is 3.61. The van der Waals surface area contributed by atoms with Gasteiger partial charge >= 0.3 is 5.97 Å². The number of hydrogen-bond donors (Lipinski definition) is 3. The molecule has 1 aliphatic rings. The van der Waals surface area contributed by atoms with Crippen LogP contribution in [-0.2, 0) is 14.4 Å². The molecule has 0 radical (unpaired) electrons. The second kappa shape index (κ2) is 4.58. The predicted molar refractivity (Wildman–Crippen MR) is 54.4 cm³/mol. The van der Waals surface area contributed by atoms with Gasteiger partial charge in [-0.1, -0.05) is 0 Å². The van der Waals surface area contributed by atoms with E-state index in [1.165, 1.54) is 0 Å². The number of hydrogen-bond acceptors (Lipinski definition) is 5. The smallest absolute Gasteiger partial charge is 0.337 e. The molecule has 0 saturated carbocycles. The lowest BCUT2D eigenvalue weighted by atomic mass is 9.90. The molecule has 1 saturated heterocycles. The highest BCUT2D eigenvalue weighted by Crippen LogP contribution is 2.30. The Morgan fingerprint density at radius 3 is 2.31 bits per heavy atom. The highest BCUT2D eigenvalue weighted by Gasteiger charge is 2.54. The van der Waals surface area contributed by atoms with Crippen LogP contribution in [-0.4, -0.2) is 52.8 Å². The van der Waals surface area contributed by atoms with Crippen molar-refractivity contribution in [3.05, 3.63) is 0 Å². The van der Waals surface area contributed by atoms with Crippen LogP contribution >= 0.6 is 0 Å². The molecule has 0 aromatic carbocycles. The standard InChI is InChI=1S/C9H15N3O4/c10-4-6(13)9(8(15)16)2-1-3-12(9)7(14)5-11/h1-5,10-11H2,(H,15,16). The molecule has 0 bridgehead atoms. The summed E-state index contributed by atoms with van der Waals surface area (Å²) in [4.78, 5) is 35.4. The number of carboxylic acid groups (broad SMARTS) is 1. The van der Waals surface area contributed by atoms with Gasteiger partial charge in [0.15, 0.2) is 5.78 Å². The van der Waals surface area contributed by atoms with E-state index in [0.29, 0.717) is 6.42 Å². The minimum Gasteiger partial charge on any atom is -0.479 e. The van der Waals surface area contributed by atoms with Gasteiger partial charge in [0.2, 0.25) is 11.4 Å². The molecule has 7 heteroatoms. The van der Waals surface area contributed by atoms with Crippen molar-refractivity contribution in [1.29, 1.82) is 0 Å².